The van der Waals surface area contributed by atoms with Crippen LogP contribution in [0.25, 0.3) is 0 Å². The Hall–Kier alpha value is -0.210. The topological polar surface area (TPSA) is 53.1 Å². The quantitative estimate of drug-likeness (QED) is 0.704. The van der Waals surface area contributed by atoms with Gasteiger partial charge in [-0.15, -0.1) is 0 Å². The van der Waals surface area contributed by atoms with Crippen LogP contribution in [0.4, 0.5) is 0 Å². The summed E-state index contributed by atoms with van der Waals surface area (Å²) in [5.74, 6) is 0.181. The molecule has 0 saturated carbocycles. The highest BCUT2D eigenvalue weighted by Gasteiger charge is 2.43. The van der Waals surface area contributed by atoms with Crippen molar-refractivity contribution in [2.24, 2.45) is 0 Å². The first kappa shape index (κ1) is 15.7. The molecule has 3 aliphatic rings. The number of ether oxygens (including phenoxy) is 1. The van der Waals surface area contributed by atoms with Gasteiger partial charge in [0.25, 0.3) is 0 Å². The van der Waals surface area contributed by atoms with E-state index >= 15 is 0 Å². The van der Waals surface area contributed by atoms with Crippen molar-refractivity contribution in [2.75, 3.05) is 58.2 Å². The van der Waals surface area contributed by atoms with E-state index in [0.717, 1.165) is 26.2 Å². The molecule has 7 heteroatoms. The molecule has 0 radical (unpaired) electrons. The van der Waals surface area contributed by atoms with Crippen LogP contribution >= 0.6 is 0 Å². The summed E-state index contributed by atoms with van der Waals surface area (Å²) in [5, 5.41) is 0. The SMILES string of the molecule is CCS(=O)(=O)N1C[C@@H]2OCCN(CCN3CCCC3)[C@@H]2C1. The Morgan fingerprint density at radius 1 is 1.10 bits per heavy atom. The van der Waals surface area contributed by atoms with E-state index in [1.807, 2.05) is 0 Å². The summed E-state index contributed by atoms with van der Waals surface area (Å²) in [6.07, 6.45) is 2.69. The van der Waals surface area contributed by atoms with E-state index in [1.165, 1.54) is 25.9 Å². The molecule has 0 aromatic heterocycles. The van der Waals surface area contributed by atoms with Crippen molar-refractivity contribution in [1.82, 2.24) is 14.1 Å². The number of fused-ring (bicyclic) bond motifs is 1. The molecule has 0 amide bonds. The van der Waals surface area contributed by atoms with Gasteiger partial charge >= 0.3 is 0 Å². The van der Waals surface area contributed by atoms with Crippen LogP contribution in [0.2, 0.25) is 0 Å². The van der Waals surface area contributed by atoms with Crippen LogP contribution in [0.3, 0.4) is 0 Å². The highest BCUT2D eigenvalue weighted by Crippen LogP contribution is 2.25. The van der Waals surface area contributed by atoms with Gasteiger partial charge in [-0.25, -0.2) is 8.42 Å². The maximum Gasteiger partial charge on any atom is 0.213 e. The maximum atomic E-state index is 12.1. The molecule has 0 unspecified atom stereocenters. The second-order valence-corrected chi connectivity index (χ2v) is 8.54. The number of rotatable bonds is 5. The number of hydrogen-bond donors (Lipinski definition) is 0. The predicted octanol–water partition coefficient (Wildman–Crippen LogP) is -0.183. The molecule has 3 fully saturated rings. The molecule has 2 atom stereocenters. The maximum absolute atomic E-state index is 12.1. The van der Waals surface area contributed by atoms with Crippen molar-refractivity contribution in [2.45, 2.75) is 31.9 Å². The molecule has 0 aromatic rings. The average molecular weight is 317 g/mol. The Balaban J connectivity index is 1.58. The molecular formula is C14H27N3O3S. The number of morpholine rings is 1. The van der Waals surface area contributed by atoms with E-state index in [0.29, 0.717) is 13.1 Å². The highest BCUT2D eigenvalue weighted by molar-refractivity contribution is 7.89. The lowest BCUT2D eigenvalue weighted by Crippen LogP contribution is -2.52. The first-order chi connectivity index (χ1) is 10.1. The van der Waals surface area contributed by atoms with Crippen molar-refractivity contribution < 1.29 is 13.2 Å². The van der Waals surface area contributed by atoms with Gasteiger partial charge in [0.2, 0.25) is 10.0 Å². The lowest BCUT2D eigenvalue weighted by atomic mass is 10.1. The fourth-order valence-electron chi connectivity index (χ4n) is 3.69. The molecule has 3 rings (SSSR count). The van der Waals surface area contributed by atoms with Crippen molar-refractivity contribution >= 4 is 10.0 Å². The molecule has 3 aliphatic heterocycles. The third-order valence-electron chi connectivity index (χ3n) is 5.04. The Morgan fingerprint density at radius 3 is 2.57 bits per heavy atom. The van der Waals surface area contributed by atoms with Crippen LogP contribution in [0.5, 0.6) is 0 Å². The van der Waals surface area contributed by atoms with Gasteiger partial charge in [-0.1, -0.05) is 0 Å². The van der Waals surface area contributed by atoms with Crippen LogP contribution in [0.15, 0.2) is 0 Å². The van der Waals surface area contributed by atoms with Crippen molar-refractivity contribution in [3.8, 4) is 0 Å². The van der Waals surface area contributed by atoms with E-state index in [-0.39, 0.29) is 17.9 Å². The second kappa shape index (κ2) is 6.50. The Bertz CT molecular complexity index is 450. The van der Waals surface area contributed by atoms with Gasteiger partial charge in [0, 0.05) is 32.7 Å². The summed E-state index contributed by atoms with van der Waals surface area (Å²) >= 11 is 0. The minimum Gasteiger partial charge on any atom is -0.374 e. The third-order valence-corrected chi connectivity index (χ3v) is 6.86. The van der Waals surface area contributed by atoms with Gasteiger partial charge in [-0.05, 0) is 32.9 Å². The normalized spacial score (nSPS) is 32.6. The van der Waals surface area contributed by atoms with E-state index in [1.54, 1.807) is 11.2 Å². The van der Waals surface area contributed by atoms with Crippen LogP contribution in [-0.2, 0) is 14.8 Å². The predicted molar refractivity (Wildman–Crippen MR) is 81.8 cm³/mol. The lowest BCUT2D eigenvalue weighted by Gasteiger charge is -2.37. The summed E-state index contributed by atoms with van der Waals surface area (Å²) in [6, 6.07) is 0.239. The zero-order valence-electron chi connectivity index (χ0n) is 12.9. The third kappa shape index (κ3) is 3.42. The number of sulfonamides is 1. The second-order valence-electron chi connectivity index (χ2n) is 6.28. The van der Waals surface area contributed by atoms with Gasteiger partial charge in [0.15, 0.2) is 0 Å². The smallest absolute Gasteiger partial charge is 0.213 e. The fourth-order valence-corrected chi connectivity index (χ4v) is 4.81. The first-order valence-corrected chi connectivity index (χ1v) is 9.77. The van der Waals surface area contributed by atoms with Gasteiger partial charge in [-0.3, -0.25) is 4.90 Å². The molecule has 3 heterocycles. The Morgan fingerprint density at radius 2 is 1.86 bits per heavy atom. The number of nitrogens with zero attached hydrogens (tertiary/aromatic N) is 3. The molecule has 0 spiro atoms. The molecule has 0 N–H and O–H groups in total. The number of likely N-dealkylation sites (tertiary alicyclic amines) is 1. The highest BCUT2D eigenvalue weighted by atomic mass is 32.2. The van der Waals surface area contributed by atoms with E-state index in [9.17, 15) is 8.42 Å². The van der Waals surface area contributed by atoms with E-state index in [4.69, 9.17) is 4.74 Å². The largest absolute Gasteiger partial charge is 0.374 e. The van der Waals surface area contributed by atoms with Gasteiger partial charge in [0.05, 0.1) is 24.5 Å². The number of hydrogen-bond acceptors (Lipinski definition) is 5. The Kier molecular flexibility index (Phi) is 4.85. The minimum atomic E-state index is -3.09. The zero-order chi connectivity index (χ0) is 14.9. The zero-order valence-corrected chi connectivity index (χ0v) is 13.7. The monoisotopic (exact) mass is 317 g/mol. The molecule has 122 valence electrons. The molecule has 0 aromatic carbocycles. The van der Waals surface area contributed by atoms with Crippen LogP contribution in [0, 0.1) is 0 Å². The van der Waals surface area contributed by atoms with Crippen molar-refractivity contribution in [3.63, 3.8) is 0 Å². The average Bonchev–Trinajstić information content (AvgIpc) is 3.14. The summed E-state index contributed by atoms with van der Waals surface area (Å²) in [7, 11) is -3.09. The Labute approximate surface area is 128 Å². The van der Waals surface area contributed by atoms with Crippen LogP contribution in [0.1, 0.15) is 19.8 Å². The van der Waals surface area contributed by atoms with Gasteiger partial charge in [0.1, 0.15) is 0 Å². The molecule has 0 bridgehead atoms. The van der Waals surface area contributed by atoms with Crippen LogP contribution < -0.4 is 0 Å². The molecular weight excluding hydrogens is 290 g/mol. The van der Waals surface area contributed by atoms with Crippen LogP contribution in [-0.4, -0.2) is 92.8 Å². The van der Waals surface area contributed by atoms with Crippen molar-refractivity contribution in [3.05, 3.63) is 0 Å². The summed E-state index contributed by atoms with van der Waals surface area (Å²) in [5.41, 5.74) is 0. The van der Waals surface area contributed by atoms with E-state index in [2.05, 4.69) is 9.80 Å². The van der Waals surface area contributed by atoms with E-state index < -0.39 is 10.0 Å². The fraction of sp³-hybridized carbons (Fsp3) is 1.00. The van der Waals surface area contributed by atoms with Gasteiger partial charge < -0.3 is 9.64 Å². The minimum absolute atomic E-state index is 0.0543. The standard InChI is InChI=1S/C14H27N3O3S/c1-2-21(18,19)17-11-13-14(12-17)20-10-9-16(13)8-7-15-5-3-4-6-15/h13-14H,2-12H2,1H3/t13-,14+/m1/s1. The summed E-state index contributed by atoms with van der Waals surface area (Å²) in [4.78, 5) is 4.96. The first-order valence-electron chi connectivity index (χ1n) is 8.16. The van der Waals surface area contributed by atoms with Crippen molar-refractivity contribution in [1.29, 1.82) is 0 Å². The lowest BCUT2D eigenvalue weighted by molar-refractivity contribution is -0.0485. The molecule has 3 saturated heterocycles. The molecule has 0 aliphatic carbocycles. The summed E-state index contributed by atoms with van der Waals surface area (Å²) < 4.78 is 31.6. The molecule has 21 heavy (non-hydrogen) atoms. The molecule has 6 nitrogen and oxygen atoms in total. The van der Waals surface area contributed by atoms with Gasteiger partial charge in [-0.2, -0.15) is 4.31 Å². The summed E-state index contributed by atoms with van der Waals surface area (Å²) in [6.45, 7) is 9.05.